The molecule has 0 atom stereocenters. The number of hydrogen-bond acceptors (Lipinski definition) is 6. The summed E-state index contributed by atoms with van der Waals surface area (Å²) in [6.07, 6.45) is 0.854. The highest BCUT2D eigenvalue weighted by Crippen LogP contribution is 2.26. The fourth-order valence-corrected chi connectivity index (χ4v) is 1.94. The second kappa shape index (κ2) is 7.16. The van der Waals surface area contributed by atoms with Crippen molar-refractivity contribution in [3.63, 3.8) is 0 Å². The molecule has 1 aromatic heterocycles. The van der Waals surface area contributed by atoms with Crippen LogP contribution < -0.4 is 15.4 Å². The first-order chi connectivity index (χ1) is 10.1. The van der Waals surface area contributed by atoms with Crippen LogP contribution in [-0.2, 0) is 0 Å². The molecule has 112 valence electrons. The van der Waals surface area contributed by atoms with E-state index in [2.05, 4.69) is 41.5 Å². The monoisotopic (exact) mass is 355 g/mol. The Balaban J connectivity index is 2.25. The van der Waals surface area contributed by atoms with Crippen LogP contribution in [0.1, 0.15) is 13.3 Å². The molecule has 0 aliphatic rings. The summed E-state index contributed by atoms with van der Waals surface area (Å²) >= 11 is 3.28. The van der Waals surface area contributed by atoms with E-state index in [1.54, 1.807) is 13.1 Å². The van der Waals surface area contributed by atoms with Gasteiger partial charge >= 0.3 is 6.01 Å². The first-order valence-corrected chi connectivity index (χ1v) is 7.20. The van der Waals surface area contributed by atoms with Crippen molar-refractivity contribution in [1.82, 2.24) is 15.0 Å². The summed E-state index contributed by atoms with van der Waals surface area (Å²) in [6.45, 7) is 2.52. The number of benzene rings is 1. The molecule has 6 nitrogen and oxygen atoms in total. The molecule has 21 heavy (non-hydrogen) atoms. The molecule has 0 aliphatic heterocycles. The van der Waals surface area contributed by atoms with Gasteiger partial charge in [0.05, 0.1) is 12.3 Å². The van der Waals surface area contributed by atoms with Gasteiger partial charge in [-0.3, -0.25) is 0 Å². The number of anilines is 3. The summed E-state index contributed by atoms with van der Waals surface area (Å²) in [7, 11) is 1.70. The lowest BCUT2D eigenvalue weighted by molar-refractivity contribution is 0.292. The maximum Gasteiger partial charge on any atom is 0.323 e. The van der Waals surface area contributed by atoms with Gasteiger partial charge in [0.25, 0.3) is 0 Å². The Morgan fingerprint density at radius 3 is 2.67 bits per heavy atom. The van der Waals surface area contributed by atoms with Gasteiger partial charge in [0.15, 0.2) is 0 Å². The normalized spacial score (nSPS) is 10.3. The summed E-state index contributed by atoms with van der Waals surface area (Å²) < 4.78 is 19.1. The highest BCUT2D eigenvalue weighted by atomic mass is 79.9. The van der Waals surface area contributed by atoms with Crippen LogP contribution in [0.4, 0.5) is 22.0 Å². The van der Waals surface area contributed by atoms with Gasteiger partial charge in [-0.15, -0.1) is 0 Å². The van der Waals surface area contributed by atoms with Gasteiger partial charge in [-0.25, -0.2) is 4.39 Å². The van der Waals surface area contributed by atoms with Gasteiger partial charge in [-0.05, 0) is 40.5 Å². The average Bonchev–Trinajstić information content (AvgIpc) is 2.48. The van der Waals surface area contributed by atoms with E-state index in [0.717, 1.165) is 6.42 Å². The summed E-state index contributed by atoms with van der Waals surface area (Å²) in [6, 6.07) is 4.53. The maximum atomic E-state index is 13.1. The van der Waals surface area contributed by atoms with Crippen molar-refractivity contribution in [3.8, 4) is 6.01 Å². The molecule has 0 amide bonds. The number of halogens is 2. The first kappa shape index (κ1) is 15.4. The molecule has 0 spiro atoms. The molecule has 0 saturated heterocycles. The largest absolute Gasteiger partial charge is 0.463 e. The minimum atomic E-state index is -0.328. The molecule has 8 heteroatoms. The SMILES string of the molecule is CCCOc1nc(NC)nc(Nc2ccc(F)cc2Br)n1. The van der Waals surface area contributed by atoms with Crippen LogP contribution in [0.3, 0.4) is 0 Å². The Hall–Kier alpha value is -1.96. The third-order valence-corrected chi connectivity index (χ3v) is 3.11. The van der Waals surface area contributed by atoms with E-state index in [1.807, 2.05) is 6.92 Å². The Labute approximate surface area is 130 Å². The first-order valence-electron chi connectivity index (χ1n) is 6.41. The molecule has 0 aliphatic carbocycles. The minimum Gasteiger partial charge on any atom is -0.463 e. The lowest BCUT2D eigenvalue weighted by Gasteiger charge is -2.10. The summed E-state index contributed by atoms with van der Waals surface area (Å²) in [5.74, 6) is 0.371. The Bertz CT molecular complexity index is 626. The lowest BCUT2D eigenvalue weighted by Crippen LogP contribution is -2.07. The molecule has 0 bridgehead atoms. The maximum absolute atomic E-state index is 13.1. The van der Waals surface area contributed by atoms with Crippen molar-refractivity contribution in [1.29, 1.82) is 0 Å². The Morgan fingerprint density at radius 2 is 2.00 bits per heavy atom. The van der Waals surface area contributed by atoms with Crippen molar-refractivity contribution in [2.75, 3.05) is 24.3 Å². The van der Waals surface area contributed by atoms with Crippen LogP contribution in [0, 0.1) is 5.82 Å². The molecule has 0 radical (unpaired) electrons. The molecule has 1 heterocycles. The van der Waals surface area contributed by atoms with E-state index in [-0.39, 0.29) is 11.8 Å². The second-order valence-electron chi connectivity index (χ2n) is 4.11. The van der Waals surface area contributed by atoms with Crippen LogP contribution >= 0.6 is 15.9 Å². The van der Waals surface area contributed by atoms with Crippen molar-refractivity contribution in [2.45, 2.75) is 13.3 Å². The van der Waals surface area contributed by atoms with Crippen LogP contribution in [-0.4, -0.2) is 28.6 Å². The summed E-state index contributed by atoms with van der Waals surface area (Å²) in [4.78, 5) is 12.4. The number of hydrogen-bond donors (Lipinski definition) is 2. The third-order valence-electron chi connectivity index (χ3n) is 2.45. The standard InChI is InChI=1S/C13H15BrFN5O/c1-3-6-21-13-19-11(16-2)18-12(20-13)17-10-5-4-8(15)7-9(10)14/h4-5,7H,3,6H2,1-2H3,(H2,16,17,18,19,20). The highest BCUT2D eigenvalue weighted by Gasteiger charge is 2.09. The van der Waals surface area contributed by atoms with Crippen molar-refractivity contribution >= 4 is 33.5 Å². The number of ether oxygens (including phenoxy) is 1. The molecule has 1 aromatic carbocycles. The molecule has 2 rings (SSSR count). The smallest absolute Gasteiger partial charge is 0.323 e. The van der Waals surface area contributed by atoms with Crippen molar-refractivity contribution < 1.29 is 9.13 Å². The number of aromatic nitrogens is 3. The topological polar surface area (TPSA) is 72.0 Å². The van der Waals surface area contributed by atoms with E-state index in [1.165, 1.54) is 12.1 Å². The van der Waals surface area contributed by atoms with Gasteiger partial charge in [-0.2, -0.15) is 15.0 Å². The van der Waals surface area contributed by atoms with Crippen LogP contribution in [0.25, 0.3) is 0 Å². The van der Waals surface area contributed by atoms with Gasteiger partial charge in [0.1, 0.15) is 5.82 Å². The molecule has 2 aromatic rings. The Kier molecular flexibility index (Phi) is 5.26. The van der Waals surface area contributed by atoms with Crippen molar-refractivity contribution in [3.05, 3.63) is 28.5 Å². The number of nitrogens with one attached hydrogen (secondary N) is 2. The van der Waals surface area contributed by atoms with Gasteiger partial charge in [-0.1, -0.05) is 6.92 Å². The molecule has 0 unspecified atom stereocenters. The summed E-state index contributed by atoms with van der Waals surface area (Å²) in [5, 5.41) is 5.83. The highest BCUT2D eigenvalue weighted by molar-refractivity contribution is 9.10. The zero-order chi connectivity index (χ0) is 15.2. The molecule has 0 saturated carbocycles. The molecule has 2 N–H and O–H groups in total. The average molecular weight is 356 g/mol. The van der Waals surface area contributed by atoms with Crippen molar-refractivity contribution in [2.24, 2.45) is 0 Å². The predicted octanol–water partition coefficient (Wildman–Crippen LogP) is 3.35. The fraction of sp³-hybridized carbons (Fsp3) is 0.308. The quantitative estimate of drug-likeness (QED) is 0.827. The zero-order valence-electron chi connectivity index (χ0n) is 11.7. The van der Waals surface area contributed by atoms with Crippen LogP contribution in [0.2, 0.25) is 0 Å². The van der Waals surface area contributed by atoms with E-state index < -0.39 is 0 Å². The molecule has 0 fully saturated rings. The molecular weight excluding hydrogens is 341 g/mol. The third kappa shape index (κ3) is 4.25. The van der Waals surface area contributed by atoms with E-state index in [4.69, 9.17) is 4.74 Å². The predicted molar refractivity (Wildman–Crippen MR) is 82.5 cm³/mol. The fourth-order valence-electron chi connectivity index (χ4n) is 1.49. The zero-order valence-corrected chi connectivity index (χ0v) is 13.2. The van der Waals surface area contributed by atoms with E-state index in [9.17, 15) is 4.39 Å². The summed E-state index contributed by atoms with van der Waals surface area (Å²) in [5.41, 5.74) is 0.645. The van der Waals surface area contributed by atoms with Gasteiger partial charge in [0.2, 0.25) is 11.9 Å². The molecular formula is C13H15BrFN5O. The van der Waals surface area contributed by atoms with E-state index >= 15 is 0 Å². The van der Waals surface area contributed by atoms with Gasteiger partial charge < -0.3 is 15.4 Å². The minimum absolute atomic E-state index is 0.233. The lowest BCUT2D eigenvalue weighted by atomic mass is 10.3. The Morgan fingerprint density at radius 1 is 1.24 bits per heavy atom. The number of nitrogens with zero attached hydrogens (tertiary/aromatic N) is 3. The van der Waals surface area contributed by atoms with Gasteiger partial charge in [0, 0.05) is 11.5 Å². The van der Waals surface area contributed by atoms with E-state index in [0.29, 0.717) is 28.7 Å². The second-order valence-corrected chi connectivity index (χ2v) is 4.97. The van der Waals surface area contributed by atoms with Crippen LogP contribution in [0.15, 0.2) is 22.7 Å². The van der Waals surface area contributed by atoms with Crippen LogP contribution in [0.5, 0.6) is 6.01 Å². The number of rotatable bonds is 6.